The first kappa shape index (κ1) is 18.4. The summed E-state index contributed by atoms with van der Waals surface area (Å²) in [5, 5.41) is 13.9. The van der Waals surface area contributed by atoms with E-state index in [2.05, 4.69) is 36.5 Å². The number of carbonyl (C=O) groups excluding carboxylic acids is 1. The quantitative estimate of drug-likeness (QED) is 0.472. The molecule has 4 nitrogen and oxygen atoms in total. The van der Waals surface area contributed by atoms with Gasteiger partial charge in [-0.2, -0.15) is 0 Å². The summed E-state index contributed by atoms with van der Waals surface area (Å²) in [5.41, 5.74) is 4.63. The number of hydrogen-bond donors (Lipinski definition) is 2. The molecule has 0 aliphatic heterocycles. The minimum Gasteiger partial charge on any atom is -0.478 e. The predicted molar refractivity (Wildman–Crippen MR) is 115 cm³/mol. The van der Waals surface area contributed by atoms with Gasteiger partial charge in [-0.05, 0) is 65.2 Å². The van der Waals surface area contributed by atoms with Gasteiger partial charge in [0.2, 0.25) is 0 Å². The zero-order valence-corrected chi connectivity index (χ0v) is 15.8. The second kappa shape index (κ2) is 7.60. The molecule has 0 saturated heterocycles. The summed E-state index contributed by atoms with van der Waals surface area (Å²) in [4.78, 5) is 23.7. The van der Waals surface area contributed by atoms with Crippen molar-refractivity contribution in [1.29, 1.82) is 0 Å². The molecule has 4 rings (SSSR count). The number of benzene rings is 4. The summed E-state index contributed by atoms with van der Waals surface area (Å²) in [6.45, 7) is 2.06. The first-order valence-electron chi connectivity index (χ1n) is 9.26. The molecule has 0 heterocycles. The second-order valence-electron chi connectivity index (χ2n) is 6.95. The Morgan fingerprint density at radius 1 is 0.793 bits per heavy atom. The van der Waals surface area contributed by atoms with Crippen molar-refractivity contribution in [2.75, 3.05) is 5.32 Å². The van der Waals surface area contributed by atoms with Gasteiger partial charge in [0, 0.05) is 11.3 Å². The maximum atomic E-state index is 12.8. The van der Waals surface area contributed by atoms with Crippen LogP contribution in [0, 0.1) is 6.92 Å². The van der Waals surface area contributed by atoms with Crippen LogP contribution in [0.2, 0.25) is 0 Å². The number of amides is 1. The lowest BCUT2D eigenvalue weighted by Crippen LogP contribution is -2.12. The Kier molecular flexibility index (Phi) is 4.83. The van der Waals surface area contributed by atoms with E-state index in [1.807, 2.05) is 30.3 Å². The lowest BCUT2D eigenvalue weighted by molar-refractivity contribution is 0.0696. The zero-order valence-electron chi connectivity index (χ0n) is 15.8. The molecule has 0 fully saturated rings. The molecule has 0 saturated carbocycles. The SMILES string of the molecule is Cc1cccc(-c2cccc3ccc(C(=O)Nc4ccc(C(=O)O)cc4)cc23)c1. The van der Waals surface area contributed by atoms with Crippen molar-refractivity contribution in [3.05, 3.63) is 102 Å². The predicted octanol–water partition coefficient (Wildman–Crippen LogP) is 5.77. The number of anilines is 1. The van der Waals surface area contributed by atoms with E-state index in [-0.39, 0.29) is 11.5 Å². The van der Waals surface area contributed by atoms with Crippen LogP contribution < -0.4 is 5.32 Å². The van der Waals surface area contributed by atoms with Crippen LogP contribution in [-0.4, -0.2) is 17.0 Å². The first-order chi connectivity index (χ1) is 14.0. The van der Waals surface area contributed by atoms with Crippen LogP contribution in [0.4, 0.5) is 5.69 Å². The van der Waals surface area contributed by atoms with E-state index in [4.69, 9.17) is 5.11 Å². The average molecular weight is 381 g/mol. The lowest BCUT2D eigenvalue weighted by Gasteiger charge is -2.10. The van der Waals surface area contributed by atoms with E-state index in [1.165, 1.54) is 17.7 Å². The second-order valence-corrected chi connectivity index (χ2v) is 6.95. The summed E-state index contributed by atoms with van der Waals surface area (Å²) < 4.78 is 0. The molecule has 0 aromatic heterocycles. The number of aryl methyl sites for hydroxylation is 1. The Bertz CT molecular complexity index is 1230. The number of rotatable bonds is 4. The topological polar surface area (TPSA) is 66.4 Å². The average Bonchev–Trinajstić information content (AvgIpc) is 2.73. The molecule has 0 aliphatic rings. The number of carboxylic acids is 1. The number of nitrogens with one attached hydrogen (secondary N) is 1. The molecule has 0 atom stereocenters. The summed E-state index contributed by atoms with van der Waals surface area (Å²) in [5.74, 6) is -1.24. The highest BCUT2D eigenvalue weighted by Crippen LogP contribution is 2.30. The van der Waals surface area contributed by atoms with Gasteiger partial charge in [-0.3, -0.25) is 4.79 Å². The van der Waals surface area contributed by atoms with E-state index in [1.54, 1.807) is 18.2 Å². The summed E-state index contributed by atoms with van der Waals surface area (Å²) in [6, 6.07) is 26.1. The van der Waals surface area contributed by atoms with Crippen molar-refractivity contribution in [2.45, 2.75) is 6.92 Å². The molecular weight excluding hydrogens is 362 g/mol. The number of carbonyl (C=O) groups is 2. The van der Waals surface area contributed by atoms with Gasteiger partial charge in [-0.15, -0.1) is 0 Å². The van der Waals surface area contributed by atoms with Crippen molar-refractivity contribution >= 4 is 28.3 Å². The zero-order chi connectivity index (χ0) is 20.4. The number of hydrogen-bond acceptors (Lipinski definition) is 2. The largest absolute Gasteiger partial charge is 0.478 e. The Morgan fingerprint density at radius 2 is 1.52 bits per heavy atom. The van der Waals surface area contributed by atoms with Crippen molar-refractivity contribution in [2.24, 2.45) is 0 Å². The summed E-state index contributed by atoms with van der Waals surface area (Å²) in [7, 11) is 0. The highest BCUT2D eigenvalue weighted by Gasteiger charge is 2.11. The molecule has 0 bridgehead atoms. The molecule has 4 aromatic carbocycles. The summed E-state index contributed by atoms with van der Waals surface area (Å²) in [6.07, 6.45) is 0. The molecule has 142 valence electrons. The molecule has 1 amide bonds. The molecule has 4 aromatic rings. The van der Waals surface area contributed by atoms with Crippen molar-refractivity contribution in [3.8, 4) is 11.1 Å². The van der Waals surface area contributed by atoms with Crippen LogP contribution in [-0.2, 0) is 0 Å². The van der Waals surface area contributed by atoms with Gasteiger partial charge in [-0.1, -0.05) is 54.1 Å². The van der Waals surface area contributed by atoms with Crippen LogP contribution in [0.1, 0.15) is 26.3 Å². The van der Waals surface area contributed by atoms with Gasteiger partial charge < -0.3 is 10.4 Å². The Balaban J connectivity index is 1.68. The minimum atomic E-state index is -0.999. The van der Waals surface area contributed by atoms with Gasteiger partial charge in [0.1, 0.15) is 0 Å². The third-order valence-electron chi connectivity index (χ3n) is 4.86. The third kappa shape index (κ3) is 3.87. The lowest BCUT2D eigenvalue weighted by atomic mass is 9.96. The normalized spacial score (nSPS) is 10.7. The Hall–Kier alpha value is -3.92. The van der Waals surface area contributed by atoms with Gasteiger partial charge >= 0.3 is 5.97 Å². The highest BCUT2D eigenvalue weighted by atomic mass is 16.4. The van der Waals surface area contributed by atoms with Crippen molar-refractivity contribution < 1.29 is 14.7 Å². The summed E-state index contributed by atoms with van der Waals surface area (Å²) >= 11 is 0. The Labute approximate surface area is 168 Å². The van der Waals surface area contributed by atoms with Crippen molar-refractivity contribution in [3.63, 3.8) is 0 Å². The van der Waals surface area contributed by atoms with E-state index in [9.17, 15) is 9.59 Å². The third-order valence-corrected chi connectivity index (χ3v) is 4.86. The minimum absolute atomic E-state index is 0.177. The van der Waals surface area contributed by atoms with Gasteiger partial charge in [0.05, 0.1) is 5.56 Å². The molecule has 0 radical (unpaired) electrons. The van der Waals surface area contributed by atoms with E-state index in [0.29, 0.717) is 11.3 Å². The standard InChI is InChI=1S/C25H19NO3/c1-16-4-2-6-19(14-16)22-7-3-5-17-8-9-20(15-23(17)22)24(27)26-21-12-10-18(11-13-21)25(28)29/h2-15H,1H3,(H,26,27)(H,28,29). The molecule has 0 spiro atoms. The number of carboxylic acid groups (broad SMARTS) is 1. The van der Waals surface area contributed by atoms with Gasteiger partial charge in [0.15, 0.2) is 0 Å². The smallest absolute Gasteiger partial charge is 0.335 e. The number of aromatic carboxylic acids is 1. The van der Waals surface area contributed by atoms with Gasteiger partial charge in [0.25, 0.3) is 5.91 Å². The fourth-order valence-electron chi connectivity index (χ4n) is 3.38. The van der Waals surface area contributed by atoms with Crippen molar-refractivity contribution in [1.82, 2.24) is 0 Å². The monoisotopic (exact) mass is 381 g/mol. The van der Waals surface area contributed by atoms with E-state index in [0.717, 1.165) is 21.9 Å². The van der Waals surface area contributed by atoms with Crippen LogP contribution in [0.3, 0.4) is 0 Å². The number of fused-ring (bicyclic) bond motifs is 1. The van der Waals surface area contributed by atoms with Crippen LogP contribution in [0.25, 0.3) is 21.9 Å². The van der Waals surface area contributed by atoms with E-state index < -0.39 is 5.97 Å². The fraction of sp³-hybridized carbons (Fsp3) is 0.0400. The maximum absolute atomic E-state index is 12.8. The molecule has 4 heteroatoms. The molecule has 0 aliphatic carbocycles. The first-order valence-corrected chi connectivity index (χ1v) is 9.26. The molecule has 0 unspecified atom stereocenters. The maximum Gasteiger partial charge on any atom is 0.335 e. The van der Waals surface area contributed by atoms with E-state index >= 15 is 0 Å². The molecular formula is C25H19NO3. The van der Waals surface area contributed by atoms with Crippen LogP contribution in [0.15, 0.2) is 84.9 Å². The fourth-order valence-corrected chi connectivity index (χ4v) is 3.38. The van der Waals surface area contributed by atoms with Crippen LogP contribution in [0.5, 0.6) is 0 Å². The molecule has 29 heavy (non-hydrogen) atoms. The molecule has 2 N–H and O–H groups in total. The van der Waals surface area contributed by atoms with Gasteiger partial charge in [-0.25, -0.2) is 4.79 Å². The Morgan fingerprint density at radius 3 is 2.24 bits per heavy atom. The highest BCUT2D eigenvalue weighted by molar-refractivity contribution is 6.08. The van der Waals surface area contributed by atoms with Crippen LogP contribution >= 0.6 is 0 Å².